The highest BCUT2D eigenvalue weighted by Crippen LogP contribution is 2.39. The van der Waals surface area contributed by atoms with Gasteiger partial charge in [0.1, 0.15) is 11.6 Å². The van der Waals surface area contributed by atoms with Gasteiger partial charge in [-0.15, -0.1) is 0 Å². The molecule has 2 aromatic carbocycles. The number of pyridine rings is 1. The van der Waals surface area contributed by atoms with Crippen LogP contribution >= 0.6 is 15.9 Å². The Morgan fingerprint density at radius 2 is 1.80 bits per heavy atom. The molecule has 0 radical (unpaired) electrons. The number of aliphatic hydroxyl groups is 1. The Bertz CT molecular complexity index is 1450. The third kappa shape index (κ3) is 6.95. The number of benzene rings is 2. The first-order valence-electron chi connectivity index (χ1n) is 12.7. The van der Waals surface area contributed by atoms with E-state index in [9.17, 15) is 36.6 Å². The molecule has 13 heteroatoms. The Morgan fingerprint density at radius 1 is 1.15 bits per heavy atom. The van der Waals surface area contributed by atoms with Gasteiger partial charge in [0.2, 0.25) is 0 Å². The van der Waals surface area contributed by atoms with Crippen LogP contribution < -0.4 is 10.2 Å². The van der Waals surface area contributed by atoms with Crippen molar-refractivity contribution in [3.05, 3.63) is 69.4 Å². The van der Waals surface area contributed by atoms with Gasteiger partial charge in [-0.05, 0) is 56.0 Å². The molecular formula is C28H27BrF5N3O4. The summed E-state index contributed by atoms with van der Waals surface area (Å²) in [7, 11) is 0. The van der Waals surface area contributed by atoms with Gasteiger partial charge in [-0.3, -0.25) is 9.59 Å². The number of halogens is 6. The van der Waals surface area contributed by atoms with Gasteiger partial charge in [0.05, 0.1) is 30.1 Å². The summed E-state index contributed by atoms with van der Waals surface area (Å²) in [6.07, 6.45) is 0.899. The van der Waals surface area contributed by atoms with Crippen LogP contribution in [0, 0.1) is 18.7 Å². The summed E-state index contributed by atoms with van der Waals surface area (Å²) in [6.45, 7) is -2.43. The smallest absolute Gasteiger partial charge is 0.342 e. The number of carbonyl (C=O) groups is 2. The van der Waals surface area contributed by atoms with Crippen LogP contribution in [0.25, 0.3) is 10.9 Å². The molecule has 0 spiro atoms. The molecule has 0 bridgehead atoms. The Morgan fingerprint density at radius 3 is 2.41 bits per heavy atom. The largest absolute Gasteiger partial charge is 0.481 e. The minimum absolute atomic E-state index is 0.191. The highest BCUT2D eigenvalue weighted by atomic mass is 79.9. The number of aromatic nitrogens is 1. The number of carbonyl (C=O) groups excluding carboxylic acids is 1. The van der Waals surface area contributed by atoms with E-state index in [2.05, 4.69) is 26.2 Å². The van der Waals surface area contributed by atoms with Crippen LogP contribution in [-0.2, 0) is 4.79 Å². The Labute approximate surface area is 240 Å². The third-order valence-corrected chi connectivity index (χ3v) is 7.85. The number of aliphatic carboxylic acids is 1. The number of carboxylic acid groups (broad SMARTS) is 1. The van der Waals surface area contributed by atoms with Crippen LogP contribution in [0.4, 0.5) is 27.8 Å². The average molecular weight is 644 g/mol. The number of anilines is 1. The maximum atomic E-state index is 14.8. The van der Waals surface area contributed by atoms with Crippen LogP contribution in [0.5, 0.6) is 0 Å². The molecule has 2 heterocycles. The van der Waals surface area contributed by atoms with Crippen molar-refractivity contribution in [3.63, 3.8) is 0 Å². The molecule has 1 saturated heterocycles. The SMILES string of the molecule is Cc1c(N2CC(F)(F)C2)nc2ccc(Br)cc2c1C(=O)NC1CCC(C(=O)O)CC1c1ccccc1F.OC(F)F. The van der Waals surface area contributed by atoms with E-state index >= 15 is 0 Å². The fourth-order valence-corrected chi connectivity index (χ4v) is 5.87. The Hall–Kier alpha value is -3.32. The first-order chi connectivity index (χ1) is 19.3. The number of alkyl halides is 4. The van der Waals surface area contributed by atoms with Crippen LogP contribution in [0.1, 0.15) is 46.7 Å². The minimum Gasteiger partial charge on any atom is -0.481 e. The first-order valence-corrected chi connectivity index (χ1v) is 13.5. The summed E-state index contributed by atoms with van der Waals surface area (Å²) in [5.41, 5.74) is 1.63. The molecule has 1 aliphatic heterocycles. The van der Waals surface area contributed by atoms with E-state index in [0.29, 0.717) is 46.3 Å². The molecular weight excluding hydrogens is 617 g/mol. The van der Waals surface area contributed by atoms with E-state index < -0.39 is 61.2 Å². The molecule has 3 atom stereocenters. The maximum absolute atomic E-state index is 14.8. The van der Waals surface area contributed by atoms with Crippen molar-refractivity contribution >= 4 is 44.5 Å². The molecule has 5 rings (SSSR count). The fraction of sp³-hybridized carbons (Fsp3) is 0.393. The van der Waals surface area contributed by atoms with Gasteiger partial charge in [-0.25, -0.2) is 18.2 Å². The van der Waals surface area contributed by atoms with Crippen molar-refractivity contribution < 1.29 is 41.8 Å². The second kappa shape index (κ2) is 12.3. The van der Waals surface area contributed by atoms with E-state index in [1.54, 1.807) is 43.3 Å². The number of hydrogen-bond donors (Lipinski definition) is 3. The number of nitrogens with one attached hydrogen (secondary N) is 1. The molecule has 3 N–H and O–H groups in total. The lowest BCUT2D eigenvalue weighted by Crippen LogP contribution is -2.57. The molecule has 2 fully saturated rings. The van der Waals surface area contributed by atoms with Crippen molar-refractivity contribution in [3.8, 4) is 0 Å². The molecule has 1 saturated carbocycles. The zero-order valence-corrected chi connectivity index (χ0v) is 23.3. The van der Waals surface area contributed by atoms with Crippen molar-refractivity contribution in [2.45, 2.75) is 50.7 Å². The lowest BCUT2D eigenvalue weighted by atomic mass is 9.74. The maximum Gasteiger partial charge on any atom is 0.342 e. The summed E-state index contributed by atoms with van der Waals surface area (Å²) in [6, 6.07) is 10.9. The third-order valence-electron chi connectivity index (χ3n) is 7.36. The van der Waals surface area contributed by atoms with Crippen LogP contribution in [0.2, 0.25) is 0 Å². The first kappa shape index (κ1) is 30.6. The second-order valence-electron chi connectivity index (χ2n) is 10.1. The minimum atomic E-state index is -3.17. The molecule has 3 aromatic rings. The number of rotatable bonds is 5. The Balaban J connectivity index is 0.000000909. The molecule has 3 unspecified atom stereocenters. The van der Waals surface area contributed by atoms with Gasteiger partial charge >= 0.3 is 12.6 Å². The molecule has 1 amide bonds. The Kier molecular flexibility index (Phi) is 9.17. The quantitative estimate of drug-likeness (QED) is 0.301. The van der Waals surface area contributed by atoms with Gasteiger partial charge in [0, 0.05) is 27.4 Å². The molecule has 7 nitrogen and oxygen atoms in total. The van der Waals surface area contributed by atoms with Crippen molar-refractivity contribution in [1.29, 1.82) is 0 Å². The number of fused-ring (bicyclic) bond motifs is 1. The van der Waals surface area contributed by atoms with Crippen molar-refractivity contribution in [2.24, 2.45) is 5.92 Å². The lowest BCUT2D eigenvalue weighted by Gasteiger charge is -2.40. The molecule has 2 aliphatic rings. The van der Waals surface area contributed by atoms with E-state index in [1.165, 1.54) is 11.0 Å². The second-order valence-corrected chi connectivity index (χ2v) is 11.1. The monoisotopic (exact) mass is 643 g/mol. The van der Waals surface area contributed by atoms with E-state index in [-0.39, 0.29) is 6.42 Å². The summed E-state index contributed by atoms with van der Waals surface area (Å²) >= 11 is 3.43. The molecule has 41 heavy (non-hydrogen) atoms. The number of amides is 1. The number of aliphatic hydroxyl groups excluding tert-OH is 1. The standard InChI is InChI=1S/C27H25BrF3N3O3.CH2F2O/c1-14-23(19-11-16(28)7-9-22(19)32-24(14)34-12-27(30,31)13-34)25(35)33-21-8-6-15(26(36)37)10-18(21)17-4-2-3-5-20(17)29;2-1(3)4/h2-5,7,9,11,15,18,21H,6,8,10,12-13H2,1H3,(H,33,35)(H,36,37);1,4H. The highest BCUT2D eigenvalue weighted by Gasteiger charge is 2.45. The summed E-state index contributed by atoms with van der Waals surface area (Å²) in [5.74, 6) is -5.48. The number of hydrogen-bond acceptors (Lipinski definition) is 5. The topological polar surface area (TPSA) is 103 Å². The summed E-state index contributed by atoms with van der Waals surface area (Å²) in [5, 5.41) is 19.9. The van der Waals surface area contributed by atoms with Crippen LogP contribution in [-0.4, -0.2) is 58.7 Å². The number of nitrogens with zero attached hydrogens (tertiary/aromatic N) is 2. The summed E-state index contributed by atoms with van der Waals surface area (Å²) < 4.78 is 62.5. The zero-order chi connectivity index (χ0) is 30.1. The highest BCUT2D eigenvalue weighted by molar-refractivity contribution is 9.10. The van der Waals surface area contributed by atoms with E-state index in [4.69, 9.17) is 5.11 Å². The van der Waals surface area contributed by atoms with Gasteiger partial charge in [-0.2, -0.15) is 8.78 Å². The van der Waals surface area contributed by atoms with Gasteiger partial charge in [0.15, 0.2) is 0 Å². The van der Waals surface area contributed by atoms with Crippen molar-refractivity contribution in [2.75, 3.05) is 18.0 Å². The van der Waals surface area contributed by atoms with E-state index in [0.717, 1.165) is 4.47 Å². The van der Waals surface area contributed by atoms with Gasteiger partial charge in [-0.1, -0.05) is 34.1 Å². The average Bonchev–Trinajstić information content (AvgIpc) is 2.87. The number of carboxylic acids is 1. The lowest BCUT2D eigenvalue weighted by molar-refractivity contribution is -0.143. The predicted molar refractivity (Wildman–Crippen MR) is 145 cm³/mol. The summed E-state index contributed by atoms with van der Waals surface area (Å²) in [4.78, 5) is 31.6. The van der Waals surface area contributed by atoms with Crippen LogP contribution in [0.3, 0.4) is 0 Å². The molecule has 1 aliphatic carbocycles. The normalized spacial score (nSPS) is 21.6. The van der Waals surface area contributed by atoms with Crippen LogP contribution in [0.15, 0.2) is 46.9 Å². The van der Waals surface area contributed by atoms with E-state index in [1.807, 2.05) is 0 Å². The van der Waals surface area contributed by atoms with Gasteiger partial charge in [0.25, 0.3) is 11.8 Å². The fourth-order valence-electron chi connectivity index (χ4n) is 5.51. The molecule has 220 valence electrons. The predicted octanol–water partition coefficient (Wildman–Crippen LogP) is 5.87. The van der Waals surface area contributed by atoms with Crippen molar-refractivity contribution in [1.82, 2.24) is 10.3 Å². The van der Waals surface area contributed by atoms with Gasteiger partial charge < -0.3 is 20.4 Å². The molecule has 1 aromatic heterocycles. The zero-order valence-electron chi connectivity index (χ0n) is 21.8.